The summed E-state index contributed by atoms with van der Waals surface area (Å²) < 4.78 is 21.3. The fourth-order valence-electron chi connectivity index (χ4n) is 4.21. The summed E-state index contributed by atoms with van der Waals surface area (Å²) in [7, 11) is 2.19. The number of nitrogens with one attached hydrogen (secondary N) is 1. The van der Waals surface area contributed by atoms with Gasteiger partial charge in [-0.3, -0.25) is 0 Å². The maximum Gasteiger partial charge on any atom is 0.500 e. The van der Waals surface area contributed by atoms with E-state index in [2.05, 4.69) is 39.1 Å². The lowest BCUT2D eigenvalue weighted by Gasteiger charge is -2.35. The second-order valence-corrected chi connectivity index (χ2v) is 11.9. The minimum absolute atomic E-state index is 0.335. The molecule has 0 aromatic rings. The van der Waals surface area contributed by atoms with Gasteiger partial charge in [-0.25, -0.2) is 4.79 Å². The van der Waals surface area contributed by atoms with Gasteiger partial charge in [0, 0.05) is 33.9 Å². The predicted octanol–water partition coefficient (Wildman–Crippen LogP) is 5.62. The molecule has 0 atom stereocenters. The van der Waals surface area contributed by atoms with E-state index in [4.69, 9.17) is 18.0 Å². The Balaban J connectivity index is 2.24. The number of ether oxygens (including phenoxy) is 1. The normalized spacial score (nSPS) is 17.2. The van der Waals surface area contributed by atoms with Crippen molar-refractivity contribution in [2.24, 2.45) is 5.41 Å². The van der Waals surface area contributed by atoms with Gasteiger partial charge in [-0.05, 0) is 64.2 Å². The summed E-state index contributed by atoms with van der Waals surface area (Å²) in [6.45, 7) is 10.1. The molecule has 0 aliphatic heterocycles. The van der Waals surface area contributed by atoms with Crippen LogP contribution >= 0.6 is 0 Å². The van der Waals surface area contributed by atoms with Gasteiger partial charge in [-0.1, -0.05) is 36.6 Å². The monoisotopic (exact) mass is 441 g/mol. The largest absolute Gasteiger partial charge is 0.500 e. The zero-order valence-electron chi connectivity index (χ0n) is 20.2. The Morgan fingerprint density at radius 1 is 1.20 bits per heavy atom. The van der Waals surface area contributed by atoms with Crippen LogP contribution in [0.15, 0.2) is 22.8 Å². The molecular weight excluding hydrogens is 398 g/mol. The smallest absolute Gasteiger partial charge is 0.449 e. The number of hydrogen-bond donors (Lipinski definition) is 1. The number of rotatable bonds is 13. The third kappa shape index (κ3) is 8.92. The zero-order valence-corrected chi connectivity index (χ0v) is 21.2. The van der Waals surface area contributed by atoms with Crippen LogP contribution in [-0.2, 0) is 18.0 Å². The molecule has 174 valence electrons. The van der Waals surface area contributed by atoms with Gasteiger partial charge in [0.15, 0.2) is 0 Å². The highest BCUT2D eigenvalue weighted by molar-refractivity contribution is 6.60. The van der Waals surface area contributed by atoms with Crippen LogP contribution in [0.2, 0.25) is 6.04 Å². The first-order valence-corrected chi connectivity index (χ1v) is 13.0. The molecule has 1 aliphatic rings. The fourth-order valence-corrected chi connectivity index (χ4v) is 5.93. The zero-order chi connectivity index (χ0) is 22.6. The highest BCUT2D eigenvalue weighted by atomic mass is 28.4. The molecule has 0 fully saturated rings. The van der Waals surface area contributed by atoms with Gasteiger partial charge in [0.05, 0.1) is 6.61 Å². The van der Waals surface area contributed by atoms with E-state index in [0.29, 0.717) is 31.0 Å². The Kier molecular flexibility index (Phi) is 11.9. The fraction of sp³-hybridized carbons (Fsp3) is 0.783. The number of hydrogen-bond acceptors (Lipinski definition) is 5. The van der Waals surface area contributed by atoms with Crippen molar-refractivity contribution in [1.29, 1.82) is 0 Å². The topological polar surface area (TPSA) is 66.0 Å². The van der Waals surface area contributed by atoms with Gasteiger partial charge in [0.25, 0.3) is 0 Å². The summed E-state index contributed by atoms with van der Waals surface area (Å²) in [6.07, 6.45) is 9.32. The van der Waals surface area contributed by atoms with Gasteiger partial charge in [0.2, 0.25) is 0 Å². The molecule has 0 heterocycles. The number of alkyl carbamates (subject to hydrolysis) is 1. The lowest BCUT2D eigenvalue weighted by atomic mass is 9.71. The number of allylic oxidation sites excluding steroid dienone is 3. The summed E-state index contributed by atoms with van der Waals surface area (Å²) in [5.74, 6) is 0. The molecule has 0 saturated carbocycles. The first-order valence-electron chi connectivity index (χ1n) is 11.1. The molecule has 6 nitrogen and oxygen atoms in total. The van der Waals surface area contributed by atoms with E-state index in [1.54, 1.807) is 32.5 Å². The van der Waals surface area contributed by atoms with Gasteiger partial charge in [-0.15, -0.1) is 0 Å². The van der Waals surface area contributed by atoms with Gasteiger partial charge < -0.3 is 23.3 Å². The molecule has 0 aromatic carbocycles. The van der Waals surface area contributed by atoms with E-state index in [-0.39, 0.29) is 6.09 Å². The van der Waals surface area contributed by atoms with Crippen molar-refractivity contribution in [3.8, 4) is 0 Å². The summed E-state index contributed by atoms with van der Waals surface area (Å²) in [5.41, 5.74) is 4.92. The third-order valence-electron chi connectivity index (χ3n) is 6.16. The van der Waals surface area contributed by atoms with Crippen LogP contribution in [0.1, 0.15) is 72.6 Å². The van der Waals surface area contributed by atoms with Gasteiger partial charge >= 0.3 is 14.9 Å². The maximum atomic E-state index is 11.8. The minimum Gasteiger partial charge on any atom is -0.449 e. The summed E-state index contributed by atoms with van der Waals surface area (Å²) in [6, 6.07) is 0.644. The minimum atomic E-state index is -2.57. The second-order valence-electron chi connectivity index (χ2n) is 8.80. The van der Waals surface area contributed by atoms with E-state index in [1.165, 1.54) is 24.8 Å². The number of carbonyl (C=O) groups is 1. The molecule has 7 heteroatoms. The summed E-state index contributed by atoms with van der Waals surface area (Å²) in [5, 5.41) is 2.77. The van der Waals surface area contributed by atoms with Gasteiger partial charge in [0.1, 0.15) is 0 Å². The van der Waals surface area contributed by atoms with Crippen LogP contribution in [0.4, 0.5) is 4.79 Å². The molecule has 1 aliphatic carbocycles. The Morgan fingerprint density at radius 2 is 1.87 bits per heavy atom. The standard InChI is InChI=1S/C23H43NO5Si/c1-19(13-14-21-20(2)12-8-15-23(21,3)4)11-9-17-29-22(25)24-16-10-18-30(26-5,27-6)28-7/h11H,8-10,12-18H2,1-7H3,(H,24,25). The predicted molar refractivity (Wildman–Crippen MR) is 123 cm³/mol. The van der Waals surface area contributed by atoms with E-state index in [9.17, 15) is 4.79 Å². The molecule has 0 spiro atoms. The molecule has 0 aromatic heterocycles. The summed E-state index contributed by atoms with van der Waals surface area (Å²) >= 11 is 0. The van der Waals surface area contributed by atoms with Crippen molar-refractivity contribution in [3.63, 3.8) is 0 Å². The van der Waals surface area contributed by atoms with Crippen LogP contribution in [-0.4, -0.2) is 49.4 Å². The number of amides is 1. The van der Waals surface area contributed by atoms with Crippen molar-refractivity contribution in [3.05, 3.63) is 22.8 Å². The first-order chi connectivity index (χ1) is 14.2. The number of carbonyl (C=O) groups excluding carboxylic acids is 1. The maximum absolute atomic E-state index is 11.8. The van der Waals surface area contributed by atoms with Crippen molar-refractivity contribution in [2.75, 3.05) is 34.5 Å². The Labute approximate surface area is 184 Å². The van der Waals surface area contributed by atoms with Crippen LogP contribution in [0.25, 0.3) is 0 Å². The van der Waals surface area contributed by atoms with Crippen LogP contribution < -0.4 is 5.32 Å². The molecule has 30 heavy (non-hydrogen) atoms. The van der Waals surface area contributed by atoms with Crippen molar-refractivity contribution in [1.82, 2.24) is 5.32 Å². The van der Waals surface area contributed by atoms with Crippen molar-refractivity contribution in [2.45, 2.75) is 78.7 Å². The SMILES string of the molecule is CO[Si](CCCNC(=O)OCCC=C(C)CCC1=C(C)CCCC1(C)C)(OC)OC. The van der Waals surface area contributed by atoms with Crippen molar-refractivity contribution < 1.29 is 22.8 Å². The van der Waals surface area contributed by atoms with E-state index in [1.807, 2.05) is 0 Å². The van der Waals surface area contributed by atoms with Crippen LogP contribution in [0, 0.1) is 5.41 Å². The lowest BCUT2D eigenvalue weighted by molar-refractivity contribution is 0.122. The quantitative estimate of drug-likeness (QED) is 0.228. The highest BCUT2D eigenvalue weighted by Crippen LogP contribution is 2.42. The third-order valence-corrected chi connectivity index (χ3v) is 8.99. The molecule has 1 amide bonds. The summed E-state index contributed by atoms with van der Waals surface area (Å²) in [4.78, 5) is 11.8. The van der Waals surface area contributed by atoms with Crippen molar-refractivity contribution >= 4 is 14.9 Å². The Bertz CT molecular complexity index is 588. The van der Waals surface area contributed by atoms with Gasteiger partial charge in [-0.2, -0.15) is 0 Å². The molecular formula is C23H43NO5Si. The average Bonchev–Trinajstić information content (AvgIpc) is 2.71. The molecule has 0 radical (unpaired) electrons. The average molecular weight is 442 g/mol. The molecule has 1 N–H and O–H groups in total. The molecule has 0 saturated heterocycles. The molecule has 0 bridgehead atoms. The van der Waals surface area contributed by atoms with Crippen LogP contribution in [0.3, 0.4) is 0 Å². The van der Waals surface area contributed by atoms with E-state index in [0.717, 1.165) is 19.3 Å². The Morgan fingerprint density at radius 3 is 2.47 bits per heavy atom. The molecule has 1 rings (SSSR count). The lowest BCUT2D eigenvalue weighted by Crippen LogP contribution is -2.43. The van der Waals surface area contributed by atoms with E-state index < -0.39 is 8.80 Å². The molecule has 0 unspecified atom stereocenters. The Hall–Kier alpha value is -1.15. The van der Waals surface area contributed by atoms with E-state index >= 15 is 0 Å². The first kappa shape index (κ1) is 26.9. The van der Waals surface area contributed by atoms with Crippen LogP contribution in [0.5, 0.6) is 0 Å². The highest BCUT2D eigenvalue weighted by Gasteiger charge is 2.36. The second kappa shape index (κ2) is 13.3.